The Balaban J connectivity index is 0.00000529. The molecular formula is C17H35IN4OS. The van der Waals surface area contributed by atoms with Crippen molar-refractivity contribution in [3.8, 4) is 0 Å². The van der Waals surface area contributed by atoms with E-state index in [4.69, 9.17) is 0 Å². The summed E-state index contributed by atoms with van der Waals surface area (Å²) in [6, 6.07) is 0.241. The Labute approximate surface area is 169 Å². The zero-order valence-electron chi connectivity index (χ0n) is 15.8. The summed E-state index contributed by atoms with van der Waals surface area (Å²) in [5, 5.41) is 7.02. The first-order valence-electron chi connectivity index (χ1n) is 8.92. The number of hydrogen-bond acceptors (Lipinski definition) is 3. The van der Waals surface area contributed by atoms with E-state index in [1.807, 2.05) is 6.92 Å². The monoisotopic (exact) mass is 470 g/mol. The number of halogens is 1. The number of thioether (sulfide) groups is 1. The molecule has 1 rings (SSSR count). The van der Waals surface area contributed by atoms with Crippen LogP contribution in [0.5, 0.6) is 0 Å². The van der Waals surface area contributed by atoms with Crippen molar-refractivity contribution in [3.05, 3.63) is 0 Å². The van der Waals surface area contributed by atoms with Gasteiger partial charge in [-0.3, -0.25) is 9.79 Å². The van der Waals surface area contributed by atoms with Crippen molar-refractivity contribution in [2.45, 2.75) is 58.8 Å². The summed E-state index contributed by atoms with van der Waals surface area (Å²) in [6.45, 7) is 14.2. The Kier molecular flexibility index (Phi) is 13.0. The molecule has 2 atom stereocenters. The van der Waals surface area contributed by atoms with Gasteiger partial charge in [-0.05, 0) is 26.2 Å². The van der Waals surface area contributed by atoms with Gasteiger partial charge < -0.3 is 15.5 Å². The summed E-state index contributed by atoms with van der Waals surface area (Å²) in [4.78, 5) is 18.9. The minimum atomic E-state index is 0. The van der Waals surface area contributed by atoms with Gasteiger partial charge in [0.2, 0.25) is 5.91 Å². The number of nitrogens with one attached hydrogen (secondary N) is 2. The first kappa shape index (κ1) is 23.8. The van der Waals surface area contributed by atoms with Crippen LogP contribution < -0.4 is 10.6 Å². The Hall–Kier alpha value is -0.180. The molecule has 0 aliphatic carbocycles. The third-order valence-corrected chi connectivity index (χ3v) is 5.63. The Bertz CT molecular complexity index is 393. The highest BCUT2D eigenvalue weighted by molar-refractivity contribution is 14.0. The molecule has 1 saturated heterocycles. The number of guanidine groups is 1. The van der Waals surface area contributed by atoms with Crippen molar-refractivity contribution in [1.29, 1.82) is 0 Å². The van der Waals surface area contributed by atoms with Gasteiger partial charge >= 0.3 is 0 Å². The fourth-order valence-corrected chi connectivity index (χ4v) is 3.71. The van der Waals surface area contributed by atoms with E-state index in [9.17, 15) is 4.79 Å². The van der Waals surface area contributed by atoms with E-state index in [1.165, 1.54) is 0 Å². The lowest BCUT2D eigenvalue weighted by atomic mass is 10.1. The smallest absolute Gasteiger partial charge is 0.222 e. The first-order valence-corrected chi connectivity index (χ1v) is 9.97. The van der Waals surface area contributed by atoms with Gasteiger partial charge in [0.05, 0.1) is 6.54 Å². The Morgan fingerprint density at radius 2 is 2.04 bits per heavy atom. The van der Waals surface area contributed by atoms with Gasteiger partial charge in [0.15, 0.2) is 5.96 Å². The summed E-state index contributed by atoms with van der Waals surface area (Å²) in [5.74, 6) is 2.86. The van der Waals surface area contributed by atoms with Crippen LogP contribution in [0.2, 0.25) is 0 Å². The summed E-state index contributed by atoms with van der Waals surface area (Å²) in [5.41, 5.74) is 0. The molecule has 0 radical (unpaired) electrons. The second-order valence-electron chi connectivity index (χ2n) is 6.46. The minimum Gasteiger partial charge on any atom is -0.357 e. The van der Waals surface area contributed by atoms with Crippen LogP contribution in [0.15, 0.2) is 4.99 Å². The number of nitrogens with zero attached hydrogens (tertiary/aromatic N) is 2. The standard InChI is InChI=1S/C17H34N4OS.HI/c1-6-14(5)20-16(22)8-9-19-17(18-7-2)21-10-11-23-15(12-21)13(3)4;/h13-15H,6-12H2,1-5H3,(H,18,19)(H,20,22);1H. The second-order valence-corrected chi connectivity index (χ2v) is 7.81. The molecule has 1 aliphatic rings. The number of aliphatic imine (C=N–C) groups is 1. The fraction of sp³-hybridized carbons (Fsp3) is 0.882. The van der Waals surface area contributed by atoms with Crippen LogP contribution in [0.3, 0.4) is 0 Å². The van der Waals surface area contributed by atoms with Gasteiger partial charge in [-0.1, -0.05) is 20.8 Å². The minimum absolute atomic E-state index is 0. The van der Waals surface area contributed by atoms with E-state index in [0.29, 0.717) is 24.1 Å². The topological polar surface area (TPSA) is 56.7 Å². The maximum atomic E-state index is 11.9. The molecule has 0 aromatic heterocycles. The largest absolute Gasteiger partial charge is 0.357 e. The van der Waals surface area contributed by atoms with Crippen molar-refractivity contribution in [3.63, 3.8) is 0 Å². The zero-order valence-corrected chi connectivity index (χ0v) is 18.9. The summed E-state index contributed by atoms with van der Waals surface area (Å²) >= 11 is 2.06. The van der Waals surface area contributed by atoms with Crippen LogP contribution in [0.4, 0.5) is 0 Å². The predicted octanol–water partition coefficient (Wildman–Crippen LogP) is 2.95. The van der Waals surface area contributed by atoms with Crippen molar-refractivity contribution >= 4 is 47.6 Å². The van der Waals surface area contributed by atoms with Gasteiger partial charge in [0.25, 0.3) is 0 Å². The van der Waals surface area contributed by atoms with Crippen LogP contribution in [0.25, 0.3) is 0 Å². The highest BCUT2D eigenvalue weighted by atomic mass is 127. The number of amides is 1. The number of carbonyl (C=O) groups excluding carboxylic acids is 1. The molecule has 1 amide bonds. The van der Waals surface area contributed by atoms with Gasteiger partial charge in [-0.2, -0.15) is 11.8 Å². The van der Waals surface area contributed by atoms with Crippen LogP contribution in [-0.2, 0) is 4.79 Å². The van der Waals surface area contributed by atoms with Crippen molar-refractivity contribution in [2.24, 2.45) is 10.9 Å². The number of rotatable bonds is 7. The number of hydrogen-bond donors (Lipinski definition) is 2. The molecule has 1 fully saturated rings. The third kappa shape index (κ3) is 8.78. The molecule has 7 heteroatoms. The lowest BCUT2D eigenvalue weighted by Gasteiger charge is -2.36. The Morgan fingerprint density at radius 1 is 1.33 bits per heavy atom. The van der Waals surface area contributed by atoms with E-state index in [1.54, 1.807) is 0 Å². The summed E-state index contributed by atoms with van der Waals surface area (Å²) < 4.78 is 0. The SMILES string of the molecule is CCNC(=NCCC(=O)NC(C)CC)N1CCSC(C(C)C)C1.I. The number of carbonyl (C=O) groups is 1. The summed E-state index contributed by atoms with van der Waals surface area (Å²) in [7, 11) is 0. The first-order chi connectivity index (χ1) is 11.0. The molecule has 1 heterocycles. The van der Waals surface area contributed by atoms with Crippen molar-refractivity contribution < 1.29 is 4.79 Å². The average Bonchev–Trinajstić information content (AvgIpc) is 2.54. The van der Waals surface area contributed by atoms with E-state index in [-0.39, 0.29) is 35.9 Å². The quantitative estimate of drug-likeness (QED) is 0.341. The maximum Gasteiger partial charge on any atom is 0.222 e. The predicted molar refractivity (Wildman–Crippen MR) is 117 cm³/mol. The van der Waals surface area contributed by atoms with E-state index < -0.39 is 0 Å². The molecule has 142 valence electrons. The lowest BCUT2D eigenvalue weighted by molar-refractivity contribution is -0.121. The second kappa shape index (κ2) is 13.1. The maximum absolute atomic E-state index is 11.9. The highest BCUT2D eigenvalue weighted by Gasteiger charge is 2.24. The van der Waals surface area contributed by atoms with E-state index >= 15 is 0 Å². The van der Waals surface area contributed by atoms with Crippen molar-refractivity contribution in [1.82, 2.24) is 15.5 Å². The average molecular weight is 470 g/mol. The van der Waals surface area contributed by atoms with Gasteiger partial charge in [0, 0.05) is 43.1 Å². The molecule has 0 bridgehead atoms. The fourth-order valence-electron chi connectivity index (χ4n) is 2.41. The molecule has 5 nitrogen and oxygen atoms in total. The van der Waals surface area contributed by atoms with Crippen LogP contribution in [0, 0.1) is 5.92 Å². The van der Waals surface area contributed by atoms with Crippen molar-refractivity contribution in [2.75, 3.05) is 31.9 Å². The van der Waals surface area contributed by atoms with Gasteiger partial charge in [0.1, 0.15) is 0 Å². The lowest BCUT2D eigenvalue weighted by Crippen LogP contribution is -2.49. The highest BCUT2D eigenvalue weighted by Crippen LogP contribution is 2.24. The van der Waals surface area contributed by atoms with Crippen LogP contribution in [0.1, 0.15) is 47.5 Å². The van der Waals surface area contributed by atoms with Crippen LogP contribution in [-0.4, -0.2) is 60.0 Å². The molecule has 0 saturated carbocycles. The molecular weight excluding hydrogens is 435 g/mol. The molecule has 1 aliphatic heterocycles. The van der Waals surface area contributed by atoms with E-state index in [2.05, 4.69) is 60.0 Å². The van der Waals surface area contributed by atoms with Crippen LogP contribution >= 0.6 is 35.7 Å². The summed E-state index contributed by atoms with van der Waals surface area (Å²) in [6.07, 6.45) is 1.41. The Morgan fingerprint density at radius 3 is 2.62 bits per heavy atom. The molecule has 24 heavy (non-hydrogen) atoms. The molecule has 2 unspecified atom stereocenters. The van der Waals surface area contributed by atoms with E-state index in [0.717, 1.165) is 37.8 Å². The zero-order chi connectivity index (χ0) is 17.2. The normalized spacial score (nSPS) is 19.7. The molecule has 2 N–H and O–H groups in total. The third-order valence-electron chi connectivity index (χ3n) is 4.09. The van der Waals surface area contributed by atoms with Gasteiger partial charge in [-0.15, -0.1) is 24.0 Å². The van der Waals surface area contributed by atoms with Gasteiger partial charge in [-0.25, -0.2) is 0 Å². The molecule has 0 aromatic rings. The molecule has 0 spiro atoms. The molecule has 0 aromatic carbocycles.